The zero-order valence-electron chi connectivity index (χ0n) is 27.8. The molecular weight excluding hydrogens is 565 g/mol. The minimum Gasteiger partial charge on any atom is -0.0991 e. The second kappa shape index (κ2) is 12.0. The highest BCUT2D eigenvalue weighted by Crippen LogP contribution is 2.59. The van der Waals surface area contributed by atoms with Gasteiger partial charge in [-0.25, -0.2) is 0 Å². The molecule has 0 amide bonds. The molecule has 0 fully saturated rings. The van der Waals surface area contributed by atoms with Crippen LogP contribution in [0.2, 0.25) is 0 Å². The fourth-order valence-corrected chi connectivity index (χ4v) is 8.29. The molecule has 0 spiro atoms. The van der Waals surface area contributed by atoms with E-state index in [0.717, 1.165) is 25.7 Å². The minimum atomic E-state index is 0.254. The molecule has 0 radical (unpaired) electrons. The highest BCUT2D eigenvalue weighted by molar-refractivity contribution is 6.22. The van der Waals surface area contributed by atoms with Gasteiger partial charge in [-0.15, -0.1) is 0 Å². The Morgan fingerprint density at radius 2 is 1.55 bits per heavy atom. The highest BCUT2D eigenvalue weighted by Gasteiger charge is 2.36. The van der Waals surface area contributed by atoms with Crippen molar-refractivity contribution < 1.29 is 0 Å². The van der Waals surface area contributed by atoms with E-state index in [1.807, 2.05) is 6.08 Å². The van der Waals surface area contributed by atoms with Crippen LogP contribution in [0.15, 0.2) is 122 Å². The lowest BCUT2D eigenvalue weighted by Gasteiger charge is -2.23. The largest absolute Gasteiger partial charge is 0.0991 e. The van der Waals surface area contributed by atoms with E-state index in [2.05, 4.69) is 149 Å². The van der Waals surface area contributed by atoms with E-state index in [4.69, 9.17) is 0 Å². The number of rotatable bonds is 8. The molecule has 0 heterocycles. The summed E-state index contributed by atoms with van der Waals surface area (Å²) in [4.78, 5) is 0. The van der Waals surface area contributed by atoms with Crippen molar-refractivity contribution in [2.75, 3.05) is 0 Å². The maximum atomic E-state index is 4.05. The van der Waals surface area contributed by atoms with Crippen LogP contribution in [0, 0.1) is 5.92 Å². The van der Waals surface area contributed by atoms with Gasteiger partial charge in [-0.1, -0.05) is 161 Å². The molecule has 3 aliphatic rings. The predicted octanol–water partition coefficient (Wildman–Crippen LogP) is 13.2. The smallest absolute Gasteiger partial charge is 0.00730 e. The van der Waals surface area contributed by atoms with Gasteiger partial charge in [0.15, 0.2) is 0 Å². The molecule has 0 saturated carbocycles. The Hall–Kier alpha value is -4.94. The first-order chi connectivity index (χ1) is 23.1. The van der Waals surface area contributed by atoms with Crippen molar-refractivity contribution in [1.82, 2.24) is 0 Å². The molecule has 8 rings (SSSR count). The summed E-state index contributed by atoms with van der Waals surface area (Å²) in [5, 5.41) is 2.78. The number of benzene rings is 5. The Morgan fingerprint density at radius 3 is 2.38 bits per heavy atom. The molecule has 0 N–H and O–H groups in total. The Bertz CT molecular complexity index is 2190. The van der Waals surface area contributed by atoms with Crippen molar-refractivity contribution in [3.05, 3.63) is 161 Å². The second-order valence-corrected chi connectivity index (χ2v) is 13.5. The van der Waals surface area contributed by atoms with E-state index < -0.39 is 0 Å². The molecular formula is C47H42. The SMILES string of the molecule is C=C/C=C\c1c2c(c3c(c1C1=CC=CCC1)-c1cccc4c(C(C)c5ccccc5/C=C\C(C)CC)ccc-3c14)-c1ccccc1C2. The molecule has 0 saturated heterocycles. The molecule has 3 aliphatic carbocycles. The number of allylic oxidation sites excluding steroid dienone is 7. The van der Waals surface area contributed by atoms with Gasteiger partial charge in [-0.2, -0.15) is 0 Å². The maximum absolute atomic E-state index is 4.05. The second-order valence-electron chi connectivity index (χ2n) is 13.5. The van der Waals surface area contributed by atoms with E-state index in [1.54, 1.807) is 0 Å². The first-order valence-electron chi connectivity index (χ1n) is 17.4. The standard InChI is InChI=1S/C47H42/c1-5-7-20-39-42-29-34-19-12-14-22-37(34)45(42)47-41-28-27-36(31(4)35-21-13-11-16-32(35)26-25-30(3)6-2)38-23-15-24-40(44(38)41)46(47)43(39)33-17-9-8-10-18-33/h5,7-9,11-17,19-28,30-31H,1,6,10,18,29H2,2-4H3/b20-7-,26-25-. The molecule has 0 nitrogen and oxygen atoms in total. The number of fused-ring (bicyclic) bond motifs is 7. The van der Waals surface area contributed by atoms with Crippen molar-refractivity contribution in [2.24, 2.45) is 5.92 Å². The molecule has 0 aromatic heterocycles. The van der Waals surface area contributed by atoms with Crippen LogP contribution in [0.4, 0.5) is 0 Å². The minimum absolute atomic E-state index is 0.254. The first kappa shape index (κ1) is 29.5. The summed E-state index contributed by atoms with van der Waals surface area (Å²) in [5.41, 5.74) is 19.6. The van der Waals surface area contributed by atoms with Gasteiger partial charge in [-0.05, 0) is 114 Å². The van der Waals surface area contributed by atoms with Gasteiger partial charge < -0.3 is 0 Å². The van der Waals surface area contributed by atoms with E-state index >= 15 is 0 Å². The van der Waals surface area contributed by atoms with Gasteiger partial charge in [-0.3, -0.25) is 0 Å². The van der Waals surface area contributed by atoms with E-state index in [-0.39, 0.29) is 5.92 Å². The summed E-state index contributed by atoms with van der Waals surface area (Å²) in [5.74, 6) is 0.819. The highest BCUT2D eigenvalue weighted by atomic mass is 14.4. The van der Waals surface area contributed by atoms with Crippen LogP contribution in [0.5, 0.6) is 0 Å². The average Bonchev–Trinajstić information content (AvgIpc) is 3.67. The molecule has 47 heavy (non-hydrogen) atoms. The van der Waals surface area contributed by atoms with Crippen molar-refractivity contribution >= 4 is 28.5 Å². The Balaban J connectivity index is 1.41. The van der Waals surface area contributed by atoms with Crippen LogP contribution >= 0.6 is 0 Å². The van der Waals surface area contributed by atoms with Crippen LogP contribution in [0.25, 0.3) is 61.9 Å². The van der Waals surface area contributed by atoms with Crippen molar-refractivity contribution in [3.63, 3.8) is 0 Å². The fourth-order valence-electron chi connectivity index (χ4n) is 8.29. The van der Waals surface area contributed by atoms with Crippen LogP contribution < -0.4 is 0 Å². The number of hydrogen-bond donors (Lipinski definition) is 0. The summed E-state index contributed by atoms with van der Waals surface area (Å²) < 4.78 is 0. The third kappa shape index (κ3) is 4.73. The van der Waals surface area contributed by atoms with Gasteiger partial charge >= 0.3 is 0 Å². The van der Waals surface area contributed by atoms with Gasteiger partial charge in [0.2, 0.25) is 0 Å². The fraction of sp³-hybridized carbons (Fsp3) is 0.191. The lowest BCUT2D eigenvalue weighted by molar-refractivity contribution is 0.701. The molecule has 5 aromatic carbocycles. The summed E-state index contributed by atoms with van der Waals surface area (Å²) in [6, 6.07) is 29.9. The van der Waals surface area contributed by atoms with E-state index in [1.165, 1.54) is 88.7 Å². The maximum Gasteiger partial charge on any atom is 0.00730 e. The van der Waals surface area contributed by atoms with Crippen LogP contribution in [-0.4, -0.2) is 0 Å². The van der Waals surface area contributed by atoms with E-state index in [9.17, 15) is 0 Å². The van der Waals surface area contributed by atoms with Gasteiger partial charge in [0, 0.05) is 5.92 Å². The summed E-state index contributed by atoms with van der Waals surface area (Å²) in [7, 11) is 0. The summed E-state index contributed by atoms with van der Waals surface area (Å²) in [6.07, 6.45) is 22.2. The lowest BCUT2D eigenvalue weighted by atomic mass is 9.80. The van der Waals surface area contributed by atoms with E-state index in [0.29, 0.717) is 5.92 Å². The lowest BCUT2D eigenvalue weighted by Crippen LogP contribution is -2.01. The van der Waals surface area contributed by atoms with Crippen LogP contribution in [-0.2, 0) is 6.42 Å². The molecule has 0 aliphatic heterocycles. The quantitative estimate of drug-likeness (QED) is 0.151. The molecule has 0 bridgehead atoms. The van der Waals surface area contributed by atoms with Crippen molar-refractivity contribution in [3.8, 4) is 33.4 Å². The average molecular weight is 607 g/mol. The monoisotopic (exact) mass is 606 g/mol. The van der Waals surface area contributed by atoms with Crippen LogP contribution in [0.1, 0.15) is 84.9 Å². The normalized spacial score (nSPS) is 15.6. The third-order valence-corrected chi connectivity index (χ3v) is 10.8. The molecule has 230 valence electrons. The van der Waals surface area contributed by atoms with Gasteiger partial charge in [0.05, 0.1) is 0 Å². The zero-order chi connectivity index (χ0) is 32.1. The summed E-state index contributed by atoms with van der Waals surface area (Å²) >= 11 is 0. The predicted molar refractivity (Wildman–Crippen MR) is 205 cm³/mol. The Labute approximate surface area is 280 Å². The number of hydrogen-bond acceptors (Lipinski definition) is 0. The van der Waals surface area contributed by atoms with Crippen LogP contribution in [0.3, 0.4) is 0 Å². The first-order valence-corrected chi connectivity index (χ1v) is 17.4. The molecule has 2 atom stereocenters. The van der Waals surface area contributed by atoms with Gasteiger partial charge in [0.25, 0.3) is 0 Å². The Morgan fingerprint density at radius 1 is 0.766 bits per heavy atom. The topological polar surface area (TPSA) is 0 Å². The van der Waals surface area contributed by atoms with Crippen molar-refractivity contribution in [2.45, 2.75) is 52.4 Å². The molecule has 0 heteroatoms. The van der Waals surface area contributed by atoms with Gasteiger partial charge in [0.1, 0.15) is 0 Å². The summed E-state index contributed by atoms with van der Waals surface area (Å²) in [6.45, 7) is 11.0. The zero-order valence-corrected chi connectivity index (χ0v) is 27.8. The molecule has 5 aromatic rings. The Kier molecular flexibility index (Phi) is 7.53. The van der Waals surface area contributed by atoms with Crippen molar-refractivity contribution in [1.29, 1.82) is 0 Å². The third-order valence-electron chi connectivity index (χ3n) is 10.8. The molecule has 2 unspecified atom stereocenters.